The summed E-state index contributed by atoms with van der Waals surface area (Å²) in [5.41, 5.74) is 0.686. The highest BCUT2D eigenvalue weighted by atomic mass is 16.5. The number of ketones is 1. The van der Waals surface area contributed by atoms with Crippen molar-refractivity contribution in [1.82, 2.24) is 0 Å². The molecule has 0 amide bonds. The third-order valence-corrected chi connectivity index (χ3v) is 8.02. The number of ether oxygens (including phenoxy) is 1. The summed E-state index contributed by atoms with van der Waals surface area (Å²) in [5.74, 6) is 2.02. The van der Waals surface area contributed by atoms with Gasteiger partial charge in [-0.1, -0.05) is 20.8 Å². The first kappa shape index (κ1) is 16.5. The molecule has 2 nitrogen and oxygen atoms in total. The van der Waals surface area contributed by atoms with E-state index in [0.29, 0.717) is 11.7 Å². The number of Topliss-reactive ketones (excluding diaryl/α,β-unsaturated/α-hetero) is 1. The molecule has 2 heterocycles. The summed E-state index contributed by atoms with van der Waals surface area (Å²) in [6.45, 7) is 13.4. The van der Waals surface area contributed by atoms with E-state index in [2.05, 4.69) is 41.5 Å². The Labute approximate surface area is 136 Å². The predicted octanol–water partition coefficient (Wildman–Crippen LogP) is 5.15. The van der Waals surface area contributed by atoms with Gasteiger partial charge in [-0.3, -0.25) is 4.79 Å². The lowest BCUT2D eigenvalue weighted by atomic mass is 9.69. The fourth-order valence-corrected chi connectivity index (χ4v) is 5.65. The SMILES string of the molecule is CC1(C)O[C@]2(C)CC[C@H]1CC2.CC12CCC(CC1=O)C2(C)C. The van der Waals surface area contributed by atoms with Gasteiger partial charge in [-0.15, -0.1) is 0 Å². The molecule has 22 heavy (non-hydrogen) atoms. The Balaban J connectivity index is 0.000000131. The molecule has 0 aromatic rings. The van der Waals surface area contributed by atoms with E-state index >= 15 is 0 Å². The summed E-state index contributed by atoms with van der Waals surface area (Å²) in [7, 11) is 0. The number of carbonyl (C=O) groups excluding carboxylic acids is 1. The van der Waals surface area contributed by atoms with Crippen LogP contribution in [0.15, 0.2) is 0 Å². The van der Waals surface area contributed by atoms with Gasteiger partial charge in [-0.2, -0.15) is 0 Å². The molecule has 2 unspecified atom stereocenters. The number of fused-ring (bicyclic) bond motifs is 5. The van der Waals surface area contributed by atoms with Crippen molar-refractivity contribution in [3.8, 4) is 0 Å². The van der Waals surface area contributed by atoms with Crippen molar-refractivity contribution in [2.45, 2.75) is 97.7 Å². The van der Waals surface area contributed by atoms with E-state index in [1.807, 2.05) is 0 Å². The molecule has 2 saturated heterocycles. The predicted molar refractivity (Wildman–Crippen MR) is 89.8 cm³/mol. The van der Waals surface area contributed by atoms with E-state index in [-0.39, 0.29) is 22.0 Å². The summed E-state index contributed by atoms with van der Waals surface area (Å²) in [4.78, 5) is 11.6. The Hall–Kier alpha value is -0.370. The second kappa shape index (κ2) is 4.82. The molecule has 0 aromatic heterocycles. The minimum absolute atomic E-state index is 0.0255. The average molecular weight is 306 g/mol. The second-order valence-corrected chi connectivity index (χ2v) is 9.85. The topological polar surface area (TPSA) is 26.3 Å². The second-order valence-electron chi connectivity index (χ2n) is 9.85. The molecule has 126 valence electrons. The van der Waals surface area contributed by atoms with Crippen LogP contribution in [0.1, 0.15) is 86.5 Å². The molecule has 5 rings (SSSR count). The van der Waals surface area contributed by atoms with Crippen LogP contribution >= 0.6 is 0 Å². The zero-order valence-electron chi connectivity index (χ0n) is 15.4. The van der Waals surface area contributed by atoms with Crippen molar-refractivity contribution < 1.29 is 9.53 Å². The first-order chi connectivity index (χ1) is 10.0. The van der Waals surface area contributed by atoms with Crippen LogP contribution in [0.2, 0.25) is 0 Å². The third kappa shape index (κ3) is 2.28. The third-order valence-electron chi connectivity index (χ3n) is 8.02. The van der Waals surface area contributed by atoms with Gasteiger partial charge in [0.25, 0.3) is 0 Å². The Kier molecular flexibility index (Phi) is 3.61. The van der Waals surface area contributed by atoms with Crippen molar-refractivity contribution in [2.75, 3.05) is 0 Å². The fourth-order valence-electron chi connectivity index (χ4n) is 5.65. The number of hydrogen-bond donors (Lipinski definition) is 0. The minimum atomic E-state index is 0.0255. The van der Waals surface area contributed by atoms with Crippen molar-refractivity contribution >= 4 is 5.78 Å². The molecule has 5 fully saturated rings. The maximum atomic E-state index is 11.6. The van der Waals surface area contributed by atoms with E-state index in [9.17, 15) is 4.79 Å². The molecule has 2 atom stereocenters. The quantitative estimate of drug-likeness (QED) is 0.619. The Bertz CT molecular complexity index is 465. The van der Waals surface area contributed by atoms with E-state index in [4.69, 9.17) is 4.74 Å². The fraction of sp³-hybridized carbons (Fsp3) is 0.950. The molecule has 3 saturated carbocycles. The highest BCUT2D eigenvalue weighted by Crippen LogP contribution is 2.63. The maximum absolute atomic E-state index is 11.6. The van der Waals surface area contributed by atoms with Crippen LogP contribution in [-0.4, -0.2) is 17.0 Å². The molecule has 0 radical (unpaired) electrons. The molecule has 2 aliphatic heterocycles. The first-order valence-electron chi connectivity index (χ1n) is 9.24. The van der Waals surface area contributed by atoms with E-state index in [1.54, 1.807) is 0 Å². The number of rotatable bonds is 0. The molecule has 0 spiro atoms. The molecule has 4 bridgehead atoms. The van der Waals surface area contributed by atoms with Gasteiger partial charge in [-0.05, 0) is 76.5 Å². The Morgan fingerprint density at radius 2 is 1.41 bits per heavy atom. The first-order valence-corrected chi connectivity index (χ1v) is 9.24. The summed E-state index contributed by atoms with van der Waals surface area (Å²) < 4.78 is 6.06. The molecule has 0 aromatic carbocycles. The van der Waals surface area contributed by atoms with Gasteiger partial charge in [0.05, 0.1) is 11.2 Å². The van der Waals surface area contributed by atoms with Crippen molar-refractivity contribution in [3.05, 3.63) is 0 Å². The molecule has 3 aliphatic carbocycles. The van der Waals surface area contributed by atoms with E-state index < -0.39 is 0 Å². The van der Waals surface area contributed by atoms with Gasteiger partial charge >= 0.3 is 0 Å². The minimum Gasteiger partial charge on any atom is -0.369 e. The lowest BCUT2D eigenvalue weighted by molar-refractivity contribution is -0.229. The Morgan fingerprint density at radius 1 is 0.864 bits per heavy atom. The monoisotopic (exact) mass is 306 g/mol. The standard InChI is InChI=1S/C10H18O.C10H16O/c1-9(2)8-4-6-10(3,11-9)7-5-8;1-9(2)7-4-5-10(9,3)8(11)6-7/h8H,4-7H2,1-3H3;7H,4-6H2,1-3H3/t8-,10+;. The van der Waals surface area contributed by atoms with Gasteiger partial charge in [0.2, 0.25) is 0 Å². The van der Waals surface area contributed by atoms with Gasteiger partial charge in [-0.25, -0.2) is 0 Å². The molecule has 0 N–H and O–H groups in total. The molecule has 5 aliphatic rings. The smallest absolute Gasteiger partial charge is 0.139 e. The van der Waals surface area contributed by atoms with Crippen LogP contribution in [0.25, 0.3) is 0 Å². The van der Waals surface area contributed by atoms with E-state index in [1.165, 1.54) is 32.1 Å². The summed E-state index contributed by atoms with van der Waals surface area (Å²) >= 11 is 0. The molecular weight excluding hydrogens is 272 g/mol. The number of hydrogen-bond acceptors (Lipinski definition) is 2. The summed E-state index contributed by atoms with van der Waals surface area (Å²) in [6.07, 6.45) is 8.57. The van der Waals surface area contributed by atoms with Gasteiger partial charge in [0.15, 0.2) is 0 Å². The van der Waals surface area contributed by atoms with Crippen LogP contribution in [-0.2, 0) is 9.53 Å². The summed E-state index contributed by atoms with van der Waals surface area (Å²) in [5, 5.41) is 0. The zero-order valence-corrected chi connectivity index (χ0v) is 15.4. The summed E-state index contributed by atoms with van der Waals surface area (Å²) in [6, 6.07) is 0. The van der Waals surface area contributed by atoms with Gasteiger partial charge in [0.1, 0.15) is 5.78 Å². The maximum Gasteiger partial charge on any atom is 0.139 e. The lowest BCUT2D eigenvalue weighted by Crippen LogP contribution is -2.53. The number of carbonyl (C=O) groups is 1. The van der Waals surface area contributed by atoms with Gasteiger partial charge < -0.3 is 4.74 Å². The van der Waals surface area contributed by atoms with Crippen molar-refractivity contribution in [2.24, 2.45) is 22.7 Å². The van der Waals surface area contributed by atoms with Crippen molar-refractivity contribution in [1.29, 1.82) is 0 Å². The largest absolute Gasteiger partial charge is 0.369 e. The normalized spacial score (nSPS) is 47.3. The highest BCUT2D eigenvalue weighted by Gasteiger charge is 2.61. The van der Waals surface area contributed by atoms with Crippen LogP contribution in [0.4, 0.5) is 0 Å². The van der Waals surface area contributed by atoms with Crippen LogP contribution in [0.3, 0.4) is 0 Å². The lowest BCUT2D eigenvalue weighted by Gasteiger charge is -2.54. The van der Waals surface area contributed by atoms with E-state index in [0.717, 1.165) is 18.8 Å². The highest BCUT2D eigenvalue weighted by molar-refractivity contribution is 5.89. The Morgan fingerprint density at radius 3 is 1.64 bits per heavy atom. The van der Waals surface area contributed by atoms with Crippen LogP contribution in [0, 0.1) is 22.7 Å². The van der Waals surface area contributed by atoms with Crippen LogP contribution in [0.5, 0.6) is 0 Å². The average Bonchev–Trinajstić information content (AvgIpc) is 2.71. The van der Waals surface area contributed by atoms with Gasteiger partial charge in [0, 0.05) is 11.8 Å². The van der Waals surface area contributed by atoms with Crippen LogP contribution < -0.4 is 0 Å². The molecular formula is C20H34O2. The molecule has 2 heteroatoms. The zero-order chi connectivity index (χ0) is 16.4. The van der Waals surface area contributed by atoms with Crippen molar-refractivity contribution in [3.63, 3.8) is 0 Å².